The molecule has 4 aliphatic heterocycles. The number of piperazine rings is 1. The van der Waals surface area contributed by atoms with E-state index in [1.54, 1.807) is 49.1 Å². The van der Waals surface area contributed by atoms with Crippen LogP contribution in [0.2, 0.25) is 0 Å². The summed E-state index contributed by atoms with van der Waals surface area (Å²) in [5.41, 5.74) is -1.78. The number of allylic oxidation sites excluding steroid dienone is 2. The van der Waals surface area contributed by atoms with Crippen LogP contribution in [-0.4, -0.2) is 111 Å². The van der Waals surface area contributed by atoms with Gasteiger partial charge < -0.3 is 44.5 Å². The molecule has 0 aromatic heterocycles. The van der Waals surface area contributed by atoms with E-state index in [-0.39, 0.29) is 58.3 Å². The number of rotatable bonds is 10. The standard InChI is InChI=1S/C36H56N2O10.CH4.3H2/c1-8-28(41)23(4)33-29(45-33)18-35(6,44)14-9-10-21(2)32-22(3)11-12-30(46-34(43)38-20-25-16-26(38)19-37-25)36(7,48-24(5)39)15-13-27(40)17-31(42)47-32;;;;/h9-12,14,22-23,25-30,32-33,37,40-41,44H,8,13,15-20H2,1-7H3;1H4;3*1H/b12-11+,14-9+,21-10+;;;;/t22-,23+,25+,26+,27+,28-,29+,30-,32+,33+,35-,36+;;;;/m0..../s1/i;;2*1+1D;1+1. The second-order valence-electron chi connectivity index (χ2n) is 14.7. The van der Waals surface area contributed by atoms with Gasteiger partial charge in [0.05, 0.1) is 36.4 Å². The van der Waals surface area contributed by atoms with Gasteiger partial charge in [-0.2, -0.15) is 0 Å². The molecule has 0 aromatic carbocycles. The summed E-state index contributed by atoms with van der Waals surface area (Å²) in [6.07, 6.45) is 6.52. The number of hydrogen-bond donors (Lipinski definition) is 4. The summed E-state index contributed by atoms with van der Waals surface area (Å²) in [5.74, 6) is -1.56. The lowest BCUT2D eigenvalue weighted by Crippen LogP contribution is -2.51. The largest absolute Gasteiger partial charge is 0.457 e. The van der Waals surface area contributed by atoms with Gasteiger partial charge in [0.15, 0.2) is 6.10 Å². The van der Waals surface area contributed by atoms with E-state index in [1.807, 2.05) is 27.7 Å². The minimum absolute atomic E-state index is 0. The third kappa shape index (κ3) is 10.9. The summed E-state index contributed by atoms with van der Waals surface area (Å²) in [7, 11) is 0. The van der Waals surface area contributed by atoms with Crippen LogP contribution in [0.4, 0.5) is 4.79 Å². The molecule has 0 radical (unpaired) electrons. The Bertz CT molecular complexity index is 1270. The maximum absolute atomic E-state index is 13.4. The topological polar surface area (TPSA) is 167 Å². The van der Waals surface area contributed by atoms with Crippen LogP contribution < -0.4 is 5.32 Å². The van der Waals surface area contributed by atoms with Crippen molar-refractivity contribution in [3.63, 3.8) is 0 Å². The number of nitrogens with one attached hydrogen (secondary N) is 1. The van der Waals surface area contributed by atoms with Gasteiger partial charge in [-0.25, -0.2) is 4.79 Å². The van der Waals surface area contributed by atoms with Crippen molar-refractivity contribution in [2.45, 2.75) is 154 Å². The van der Waals surface area contributed by atoms with Crippen LogP contribution in [0.5, 0.6) is 0 Å². The molecule has 1 amide bonds. The minimum atomic E-state index is -1.30. The Labute approximate surface area is 299 Å². The highest BCUT2D eigenvalue weighted by atomic mass is 16.6. The number of carbonyl (C=O) groups excluding carboxylic acids is 3. The average molecular weight is 704 g/mol. The number of cyclic esters (lactones) is 1. The maximum Gasteiger partial charge on any atom is 0.410 e. The van der Waals surface area contributed by atoms with Crippen molar-refractivity contribution < 1.29 is 56.0 Å². The SMILES string of the molecule is C.CC[C@H](O)[C@@H](C)[C@H]1O[C@@H]1C[C@@](C)(O)/C=C/C=C(\C)[C@H]1OC(=O)C[C@H](O)CC[C@@](C)(OC(C)=O)[C@@H](OC(=O)N2C[C@H]3C[C@@H]2CN3)/C=C/[C@@H]1C.[2HH].[2H][2H].[2H][2H]. The molecule has 4 aliphatic rings. The van der Waals surface area contributed by atoms with Gasteiger partial charge in [0, 0.05) is 57.7 Å². The number of nitrogens with zero attached hydrogens (tertiary/aromatic N) is 1. The number of likely N-dealkylation sites (tertiary alicyclic amines) is 1. The van der Waals surface area contributed by atoms with Crippen molar-refractivity contribution in [3.8, 4) is 0 Å². The Balaban J connectivity index is 0.00000453. The molecule has 3 fully saturated rings. The van der Waals surface area contributed by atoms with Crippen molar-refractivity contribution in [1.82, 2.24) is 10.2 Å². The third-order valence-electron chi connectivity index (χ3n) is 10.2. The molecule has 0 spiro atoms. The first-order valence-corrected chi connectivity index (χ1v) is 17.4. The Morgan fingerprint density at radius 1 is 1.33 bits per heavy atom. The lowest BCUT2D eigenvalue weighted by molar-refractivity contribution is -0.168. The minimum Gasteiger partial charge on any atom is -0.457 e. The summed E-state index contributed by atoms with van der Waals surface area (Å²) in [6.45, 7) is 13.4. The zero-order valence-corrected chi connectivity index (χ0v) is 29.5. The molecule has 2 bridgehead atoms. The predicted molar refractivity (Wildman–Crippen MR) is 191 cm³/mol. The van der Waals surface area contributed by atoms with Crippen molar-refractivity contribution in [2.24, 2.45) is 11.8 Å². The Morgan fingerprint density at radius 3 is 2.65 bits per heavy atom. The van der Waals surface area contributed by atoms with E-state index >= 15 is 0 Å². The van der Waals surface area contributed by atoms with Crippen LogP contribution in [-0.2, 0) is 28.5 Å². The van der Waals surface area contributed by atoms with Gasteiger partial charge in [0.2, 0.25) is 0 Å². The number of hydrogen-bond acceptors (Lipinski definition) is 11. The van der Waals surface area contributed by atoms with Crippen molar-refractivity contribution >= 4 is 18.0 Å². The number of aliphatic hydroxyl groups excluding tert-OH is 2. The van der Waals surface area contributed by atoms with Gasteiger partial charge in [-0.15, -0.1) is 0 Å². The zero-order chi connectivity index (χ0) is 39.4. The first-order chi connectivity index (χ1) is 24.5. The highest BCUT2D eigenvalue weighted by Gasteiger charge is 2.48. The van der Waals surface area contributed by atoms with Gasteiger partial charge >= 0.3 is 18.0 Å². The summed E-state index contributed by atoms with van der Waals surface area (Å²) < 4.78 is 43.5. The molecular formula is C37H66N2O10. The van der Waals surface area contributed by atoms with E-state index in [0.29, 0.717) is 31.5 Å². The molecule has 12 atom stereocenters. The molecule has 0 saturated carbocycles. The van der Waals surface area contributed by atoms with Crippen LogP contribution in [0.25, 0.3) is 0 Å². The van der Waals surface area contributed by atoms with E-state index in [9.17, 15) is 29.7 Å². The number of fused-ring (bicyclic) bond motifs is 2. The highest BCUT2D eigenvalue weighted by molar-refractivity contribution is 5.71. The summed E-state index contributed by atoms with van der Waals surface area (Å²) in [6, 6.07) is 0.273. The molecule has 49 heavy (non-hydrogen) atoms. The van der Waals surface area contributed by atoms with E-state index in [0.717, 1.165) is 6.42 Å². The molecule has 0 aromatic rings. The Hall–Kier alpha value is -2.77. The zero-order valence-electron chi connectivity index (χ0n) is 33.5. The molecule has 0 aliphatic carbocycles. The van der Waals surface area contributed by atoms with Crippen LogP contribution in [0, 0.1) is 11.8 Å². The van der Waals surface area contributed by atoms with Crippen molar-refractivity contribution in [3.05, 3.63) is 36.0 Å². The van der Waals surface area contributed by atoms with Gasteiger partial charge in [0.25, 0.3) is 0 Å². The van der Waals surface area contributed by atoms with Crippen molar-refractivity contribution in [1.29, 1.82) is 0 Å². The van der Waals surface area contributed by atoms with E-state index < -0.39 is 59.6 Å². The Kier molecular flexibility index (Phi) is 13.0. The number of aliphatic hydroxyl groups is 3. The van der Waals surface area contributed by atoms with Crippen molar-refractivity contribution in [2.75, 3.05) is 13.1 Å². The third-order valence-corrected chi connectivity index (χ3v) is 10.2. The first-order valence-electron chi connectivity index (χ1n) is 19.4. The molecule has 4 rings (SSSR count). The lowest BCUT2D eigenvalue weighted by atomic mass is 9.88. The molecule has 284 valence electrons. The quantitative estimate of drug-likeness (QED) is 0.0819. The lowest BCUT2D eigenvalue weighted by Gasteiger charge is -2.37. The first kappa shape index (κ1) is 37.5. The average Bonchev–Trinajstić information content (AvgIpc) is 3.49. The second-order valence-corrected chi connectivity index (χ2v) is 14.7. The number of ether oxygens (including phenoxy) is 4. The van der Waals surface area contributed by atoms with Crippen LogP contribution in [0.1, 0.15) is 102 Å². The smallest absolute Gasteiger partial charge is 0.410 e. The monoisotopic (exact) mass is 704 g/mol. The van der Waals surface area contributed by atoms with Crippen LogP contribution >= 0.6 is 0 Å². The molecule has 12 nitrogen and oxygen atoms in total. The molecule has 0 unspecified atom stereocenters. The van der Waals surface area contributed by atoms with E-state index in [4.69, 9.17) is 24.9 Å². The molecule has 4 N–H and O–H groups in total. The molecule has 4 heterocycles. The summed E-state index contributed by atoms with van der Waals surface area (Å²) in [5, 5.41) is 35.3. The fourth-order valence-corrected chi connectivity index (χ4v) is 7.19. The number of carbonyl (C=O) groups is 3. The highest BCUT2D eigenvalue weighted by Crippen LogP contribution is 2.38. The van der Waals surface area contributed by atoms with Gasteiger partial charge in [-0.05, 0) is 58.1 Å². The molecule has 3 saturated heterocycles. The fraction of sp³-hybridized carbons (Fsp3) is 0.757. The maximum atomic E-state index is 13.4. The van der Waals surface area contributed by atoms with E-state index in [1.165, 1.54) is 6.92 Å². The number of amides is 1. The number of esters is 2. The molecular weight excluding hydrogens is 632 g/mol. The van der Waals surface area contributed by atoms with Gasteiger partial charge in [-0.1, -0.05) is 52.5 Å². The summed E-state index contributed by atoms with van der Waals surface area (Å²) >= 11 is 0. The fourth-order valence-electron chi connectivity index (χ4n) is 7.19. The van der Waals surface area contributed by atoms with E-state index in [2.05, 4.69) is 5.32 Å². The van der Waals surface area contributed by atoms with Crippen LogP contribution in [0.3, 0.4) is 0 Å². The second kappa shape index (κ2) is 17.0. The normalized spacial score (nSPS) is 37.1. The van der Waals surface area contributed by atoms with Crippen LogP contribution in [0.15, 0.2) is 36.0 Å². The Morgan fingerprint density at radius 2 is 2.04 bits per heavy atom. The predicted octanol–water partition coefficient (Wildman–Crippen LogP) is 4.70. The van der Waals surface area contributed by atoms with Gasteiger partial charge in [0.1, 0.15) is 11.7 Å². The number of epoxide rings is 1. The van der Waals surface area contributed by atoms with Gasteiger partial charge in [-0.3, -0.25) is 9.59 Å². The summed E-state index contributed by atoms with van der Waals surface area (Å²) in [4.78, 5) is 40.3. The molecule has 12 heteroatoms.